The summed E-state index contributed by atoms with van der Waals surface area (Å²) in [6.07, 6.45) is 1.12. The lowest BCUT2D eigenvalue weighted by atomic mass is 10.0. The van der Waals surface area contributed by atoms with Crippen LogP contribution in [-0.2, 0) is 24.1 Å². The van der Waals surface area contributed by atoms with Gasteiger partial charge in [-0.05, 0) is 0 Å². The number of fused-ring (bicyclic) bond motifs is 1. The van der Waals surface area contributed by atoms with E-state index in [1.54, 1.807) is 0 Å². The Bertz CT molecular complexity index is 408. The van der Waals surface area contributed by atoms with Crippen molar-refractivity contribution in [2.24, 2.45) is 5.73 Å². The van der Waals surface area contributed by atoms with E-state index in [1.165, 1.54) is 0 Å². The molecule has 2 rings (SSSR count). The topological polar surface area (TPSA) is 89.4 Å². The number of carboxylic acid groups (broad SMARTS) is 1. The maximum Gasteiger partial charge on any atom is 0.321 e. The number of nitrogens with zero attached hydrogens (tertiary/aromatic N) is 1. The number of nitrogens with two attached hydrogens (primary N) is 1. The quantitative estimate of drug-likeness (QED) is 0.804. The molecule has 7 heteroatoms. The predicted molar refractivity (Wildman–Crippen MR) is 62.5 cm³/mol. The first kappa shape index (κ1) is 12.7. The second-order valence-corrected chi connectivity index (χ2v) is 5.19. The van der Waals surface area contributed by atoms with Gasteiger partial charge in [0.15, 0.2) is 5.89 Å². The van der Waals surface area contributed by atoms with Crippen molar-refractivity contribution in [2.75, 3.05) is 0 Å². The molecule has 17 heavy (non-hydrogen) atoms. The summed E-state index contributed by atoms with van der Waals surface area (Å²) in [5.74, 6) is -0.0550. The average molecular weight is 279 g/mol. The van der Waals surface area contributed by atoms with Gasteiger partial charge in [0.05, 0.1) is 22.9 Å². The number of alkyl halides is 2. The van der Waals surface area contributed by atoms with Gasteiger partial charge in [0.2, 0.25) is 0 Å². The van der Waals surface area contributed by atoms with Gasteiger partial charge in [-0.3, -0.25) is 4.79 Å². The molecule has 0 saturated carbocycles. The molecule has 1 aromatic heterocycles. The van der Waals surface area contributed by atoms with Crippen LogP contribution in [0.3, 0.4) is 0 Å². The van der Waals surface area contributed by atoms with Crippen LogP contribution >= 0.6 is 23.2 Å². The summed E-state index contributed by atoms with van der Waals surface area (Å²) in [5.41, 5.74) is 6.17. The summed E-state index contributed by atoms with van der Waals surface area (Å²) in [7, 11) is 0. The minimum Gasteiger partial charge on any atom is -0.480 e. The lowest BCUT2D eigenvalue weighted by molar-refractivity contribution is -0.138. The molecule has 0 bridgehead atoms. The standard InChI is InChI=1S/C10H12Cl2N2O3/c11-4-1-7-8(2-5(4)12)17-9(14-7)3-6(13)10(15)16/h4-6H,1-3,13H2,(H,15,16)/t4?,5?,6-/m0/s1. The zero-order chi connectivity index (χ0) is 12.6. The molecule has 0 spiro atoms. The Kier molecular flexibility index (Phi) is 3.61. The highest BCUT2D eigenvalue weighted by Gasteiger charge is 2.30. The molecule has 0 aromatic carbocycles. The Morgan fingerprint density at radius 2 is 2.18 bits per heavy atom. The first-order chi connectivity index (χ1) is 7.97. The fraction of sp³-hybridized carbons (Fsp3) is 0.600. The summed E-state index contributed by atoms with van der Waals surface area (Å²) in [6, 6.07) is -1.01. The van der Waals surface area contributed by atoms with Crippen molar-refractivity contribution in [2.45, 2.75) is 36.1 Å². The number of hydrogen-bond donors (Lipinski definition) is 2. The summed E-state index contributed by atoms with van der Waals surface area (Å²) < 4.78 is 5.45. The first-order valence-corrected chi connectivity index (χ1v) is 6.08. The third-order valence-corrected chi connectivity index (χ3v) is 3.74. The van der Waals surface area contributed by atoms with Crippen LogP contribution in [0.5, 0.6) is 0 Å². The van der Waals surface area contributed by atoms with E-state index in [9.17, 15) is 4.79 Å². The largest absolute Gasteiger partial charge is 0.480 e. The molecular weight excluding hydrogens is 267 g/mol. The fourth-order valence-corrected chi connectivity index (χ4v) is 2.20. The van der Waals surface area contributed by atoms with E-state index in [0.717, 1.165) is 5.69 Å². The van der Waals surface area contributed by atoms with Crippen molar-refractivity contribution in [3.05, 3.63) is 17.3 Å². The number of carbonyl (C=O) groups is 1. The second kappa shape index (κ2) is 4.84. The number of carboxylic acids is 1. The van der Waals surface area contributed by atoms with Crippen LogP contribution in [0.25, 0.3) is 0 Å². The number of aromatic nitrogens is 1. The van der Waals surface area contributed by atoms with E-state index in [4.69, 9.17) is 38.5 Å². The van der Waals surface area contributed by atoms with Crippen LogP contribution in [-0.4, -0.2) is 32.9 Å². The van der Waals surface area contributed by atoms with Gasteiger partial charge in [-0.15, -0.1) is 23.2 Å². The van der Waals surface area contributed by atoms with E-state index in [-0.39, 0.29) is 17.2 Å². The minimum absolute atomic E-state index is 0.0717. The Balaban J connectivity index is 2.13. The van der Waals surface area contributed by atoms with Gasteiger partial charge in [-0.25, -0.2) is 4.98 Å². The van der Waals surface area contributed by atoms with E-state index < -0.39 is 12.0 Å². The molecule has 0 radical (unpaired) electrons. The molecule has 3 atom stereocenters. The highest BCUT2D eigenvalue weighted by molar-refractivity contribution is 6.30. The molecule has 94 valence electrons. The van der Waals surface area contributed by atoms with Gasteiger partial charge in [-0.2, -0.15) is 0 Å². The second-order valence-electron chi connectivity index (χ2n) is 4.07. The van der Waals surface area contributed by atoms with Crippen LogP contribution in [0.1, 0.15) is 17.3 Å². The maximum atomic E-state index is 10.6. The third kappa shape index (κ3) is 2.73. The highest BCUT2D eigenvalue weighted by Crippen LogP contribution is 2.28. The Hall–Kier alpha value is -0.780. The molecule has 1 aliphatic carbocycles. The zero-order valence-corrected chi connectivity index (χ0v) is 10.4. The van der Waals surface area contributed by atoms with Crippen molar-refractivity contribution in [3.8, 4) is 0 Å². The van der Waals surface area contributed by atoms with Crippen molar-refractivity contribution < 1.29 is 14.3 Å². The number of oxazole rings is 1. The van der Waals surface area contributed by atoms with E-state index in [1.807, 2.05) is 0 Å². The molecular formula is C10H12Cl2N2O3. The van der Waals surface area contributed by atoms with Gasteiger partial charge in [0, 0.05) is 12.8 Å². The van der Waals surface area contributed by atoms with Crippen molar-refractivity contribution in [1.82, 2.24) is 4.98 Å². The molecule has 2 unspecified atom stereocenters. The molecule has 5 nitrogen and oxygen atoms in total. The highest BCUT2D eigenvalue weighted by atomic mass is 35.5. The Morgan fingerprint density at radius 3 is 2.82 bits per heavy atom. The van der Waals surface area contributed by atoms with Gasteiger partial charge in [0.25, 0.3) is 0 Å². The first-order valence-electron chi connectivity index (χ1n) is 5.21. The van der Waals surface area contributed by atoms with Crippen molar-refractivity contribution in [3.63, 3.8) is 0 Å². The number of halogens is 2. The molecule has 1 aromatic rings. The minimum atomic E-state index is -1.08. The van der Waals surface area contributed by atoms with Gasteiger partial charge in [0.1, 0.15) is 11.8 Å². The molecule has 0 saturated heterocycles. The van der Waals surface area contributed by atoms with Crippen LogP contribution < -0.4 is 5.73 Å². The number of hydrogen-bond acceptors (Lipinski definition) is 4. The Morgan fingerprint density at radius 1 is 1.53 bits per heavy atom. The Labute approximate surface area is 108 Å². The van der Waals surface area contributed by atoms with Crippen molar-refractivity contribution >= 4 is 29.2 Å². The van der Waals surface area contributed by atoms with Crippen LogP contribution in [0.15, 0.2) is 4.42 Å². The zero-order valence-electron chi connectivity index (χ0n) is 8.90. The van der Waals surface area contributed by atoms with E-state index >= 15 is 0 Å². The van der Waals surface area contributed by atoms with E-state index in [0.29, 0.717) is 24.5 Å². The van der Waals surface area contributed by atoms with Crippen molar-refractivity contribution in [1.29, 1.82) is 0 Å². The lowest BCUT2D eigenvalue weighted by Gasteiger charge is -2.19. The molecule has 1 aliphatic rings. The fourth-order valence-electron chi connectivity index (χ4n) is 1.74. The van der Waals surface area contributed by atoms with Gasteiger partial charge in [-0.1, -0.05) is 0 Å². The summed E-state index contributed by atoms with van der Waals surface area (Å²) in [5, 5.41) is 8.34. The molecule has 0 aliphatic heterocycles. The molecule has 0 amide bonds. The normalized spacial score (nSPS) is 25.4. The summed E-state index contributed by atoms with van der Waals surface area (Å²) in [4.78, 5) is 14.8. The monoisotopic (exact) mass is 278 g/mol. The number of rotatable bonds is 3. The SMILES string of the molecule is N[C@@H](Cc1nc2c(o1)CC(Cl)C(Cl)C2)C(=O)O. The molecule has 1 heterocycles. The average Bonchev–Trinajstić information content (AvgIpc) is 2.60. The smallest absolute Gasteiger partial charge is 0.321 e. The van der Waals surface area contributed by atoms with Crippen LogP contribution in [0.4, 0.5) is 0 Å². The van der Waals surface area contributed by atoms with Crippen LogP contribution in [0, 0.1) is 0 Å². The lowest BCUT2D eigenvalue weighted by Crippen LogP contribution is -2.32. The third-order valence-electron chi connectivity index (χ3n) is 2.70. The van der Waals surface area contributed by atoms with Gasteiger partial charge >= 0.3 is 5.97 Å². The summed E-state index contributed by atoms with van der Waals surface area (Å²) in [6.45, 7) is 0. The molecule has 3 N–H and O–H groups in total. The van der Waals surface area contributed by atoms with E-state index in [2.05, 4.69) is 4.98 Å². The molecule has 0 fully saturated rings. The summed E-state index contributed by atoms with van der Waals surface area (Å²) >= 11 is 12.0. The predicted octanol–water partition coefficient (Wildman–Crippen LogP) is 0.942. The number of aliphatic carboxylic acids is 1. The maximum absolute atomic E-state index is 10.6. The van der Waals surface area contributed by atoms with Crippen LogP contribution in [0.2, 0.25) is 0 Å². The van der Waals surface area contributed by atoms with Gasteiger partial charge < -0.3 is 15.3 Å².